The Hall–Kier alpha value is -1.79. The van der Waals surface area contributed by atoms with Gasteiger partial charge in [0.25, 0.3) is 0 Å². The van der Waals surface area contributed by atoms with Crippen LogP contribution in [0.3, 0.4) is 0 Å². The second-order valence-corrected chi connectivity index (χ2v) is 6.31. The Bertz CT molecular complexity index is 690. The van der Waals surface area contributed by atoms with E-state index < -0.39 is 0 Å². The molecule has 110 valence electrons. The zero-order valence-electron chi connectivity index (χ0n) is 13.1. The highest BCUT2D eigenvalue weighted by molar-refractivity contribution is 5.88. The second-order valence-electron chi connectivity index (χ2n) is 6.31. The van der Waals surface area contributed by atoms with Crippen LogP contribution in [0.5, 0.6) is 0 Å². The Morgan fingerprint density at radius 3 is 2.76 bits per heavy atom. The van der Waals surface area contributed by atoms with Gasteiger partial charge in [-0.25, -0.2) is 4.85 Å². The number of aryl methyl sites for hydroxylation is 1. The van der Waals surface area contributed by atoms with E-state index in [4.69, 9.17) is 6.57 Å². The Morgan fingerprint density at radius 1 is 1.33 bits per heavy atom. The van der Waals surface area contributed by atoms with Crippen molar-refractivity contribution in [2.75, 3.05) is 14.1 Å². The van der Waals surface area contributed by atoms with E-state index in [2.05, 4.69) is 53.7 Å². The third-order valence-corrected chi connectivity index (χ3v) is 4.94. The zero-order chi connectivity index (χ0) is 15.0. The molecule has 1 aromatic heterocycles. The molecule has 1 aromatic carbocycles. The molecule has 1 saturated carbocycles. The summed E-state index contributed by atoms with van der Waals surface area (Å²) in [6.45, 7) is 10.4. The number of aromatic nitrogens is 1. The monoisotopic (exact) mass is 281 g/mol. The van der Waals surface area contributed by atoms with Gasteiger partial charge < -0.3 is 9.47 Å². The minimum atomic E-state index is 0.633. The molecule has 0 unspecified atom stereocenters. The summed E-state index contributed by atoms with van der Waals surface area (Å²) < 4.78 is 2.32. The molecule has 3 rings (SSSR count). The molecule has 2 aromatic rings. The molecule has 0 N–H and O–H groups in total. The van der Waals surface area contributed by atoms with Crippen molar-refractivity contribution < 1.29 is 0 Å². The summed E-state index contributed by atoms with van der Waals surface area (Å²) in [6, 6.07) is 6.81. The first-order valence-electron chi connectivity index (χ1n) is 7.80. The molecule has 3 heteroatoms. The van der Waals surface area contributed by atoms with E-state index in [1.54, 1.807) is 0 Å². The van der Waals surface area contributed by atoms with Crippen molar-refractivity contribution in [3.05, 3.63) is 41.4 Å². The third kappa shape index (κ3) is 2.45. The summed E-state index contributed by atoms with van der Waals surface area (Å²) in [6.07, 6.45) is 6.09. The van der Waals surface area contributed by atoms with Gasteiger partial charge in [-0.15, -0.1) is 0 Å². The van der Waals surface area contributed by atoms with Gasteiger partial charge >= 0.3 is 0 Å². The van der Waals surface area contributed by atoms with E-state index in [-0.39, 0.29) is 0 Å². The summed E-state index contributed by atoms with van der Waals surface area (Å²) in [5.41, 5.74) is 3.47. The summed E-state index contributed by atoms with van der Waals surface area (Å²) in [5, 5.41) is 1.29. The number of hydrogen-bond donors (Lipinski definition) is 0. The maximum Gasteiger partial charge on any atom is 0.187 e. The molecule has 21 heavy (non-hydrogen) atoms. The van der Waals surface area contributed by atoms with Crippen LogP contribution in [0.4, 0.5) is 5.69 Å². The van der Waals surface area contributed by atoms with Gasteiger partial charge in [-0.3, -0.25) is 0 Å². The predicted molar refractivity (Wildman–Crippen MR) is 87.9 cm³/mol. The van der Waals surface area contributed by atoms with Gasteiger partial charge in [0, 0.05) is 24.3 Å². The molecule has 2 atom stereocenters. The lowest BCUT2D eigenvalue weighted by atomic mass is 9.96. The van der Waals surface area contributed by atoms with Gasteiger partial charge in [0.2, 0.25) is 0 Å². The number of hydrogen-bond acceptors (Lipinski definition) is 1. The molecule has 0 aliphatic heterocycles. The van der Waals surface area contributed by atoms with Crippen molar-refractivity contribution in [2.45, 2.75) is 44.7 Å². The van der Waals surface area contributed by atoms with Crippen LogP contribution in [0, 0.1) is 6.57 Å². The van der Waals surface area contributed by atoms with Gasteiger partial charge in [0.05, 0.1) is 6.57 Å². The highest BCUT2D eigenvalue weighted by Gasteiger charge is 2.29. The van der Waals surface area contributed by atoms with Crippen molar-refractivity contribution >= 4 is 16.6 Å². The molecule has 0 saturated heterocycles. The van der Waals surface area contributed by atoms with E-state index in [1.807, 2.05) is 6.07 Å². The fourth-order valence-electron chi connectivity index (χ4n) is 3.68. The quantitative estimate of drug-likeness (QED) is 0.759. The first-order chi connectivity index (χ1) is 10.1. The van der Waals surface area contributed by atoms with E-state index in [1.165, 1.54) is 35.7 Å². The molecule has 0 bridgehead atoms. The number of fused-ring (bicyclic) bond motifs is 1. The van der Waals surface area contributed by atoms with Gasteiger partial charge in [-0.2, -0.15) is 0 Å². The lowest BCUT2D eigenvalue weighted by molar-refractivity contribution is 0.297. The minimum absolute atomic E-state index is 0.633. The largest absolute Gasteiger partial charge is 0.348 e. The Kier molecular flexibility index (Phi) is 3.73. The Labute approximate surface area is 127 Å². The maximum atomic E-state index is 7.25. The molecule has 3 nitrogen and oxygen atoms in total. The molecule has 0 spiro atoms. The second kappa shape index (κ2) is 5.54. The smallest absolute Gasteiger partial charge is 0.187 e. The van der Waals surface area contributed by atoms with E-state index in [0.29, 0.717) is 12.0 Å². The lowest BCUT2D eigenvalue weighted by Crippen LogP contribution is -2.24. The average Bonchev–Trinajstić information content (AvgIpc) is 3.10. The summed E-state index contributed by atoms with van der Waals surface area (Å²) in [5.74, 6) is 0.633. The van der Waals surface area contributed by atoms with E-state index in [9.17, 15) is 0 Å². The summed E-state index contributed by atoms with van der Waals surface area (Å²) in [4.78, 5) is 5.95. The van der Waals surface area contributed by atoms with Crippen LogP contribution in [0.2, 0.25) is 0 Å². The zero-order valence-corrected chi connectivity index (χ0v) is 13.1. The fraction of sp³-hybridized carbons (Fsp3) is 0.500. The molecule has 1 aliphatic carbocycles. The lowest BCUT2D eigenvalue weighted by Gasteiger charge is -2.18. The van der Waals surface area contributed by atoms with Crippen LogP contribution in [0.25, 0.3) is 15.7 Å². The maximum absolute atomic E-state index is 7.25. The first kappa shape index (κ1) is 14.2. The third-order valence-electron chi connectivity index (χ3n) is 4.94. The van der Waals surface area contributed by atoms with Gasteiger partial charge in [-0.05, 0) is 69.3 Å². The Balaban J connectivity index is 2.04. The minimum Gasteiger partial charge on any atom is -0.348 e. The van der Waals surface area contributed by atoms with Crippen molar-refractivity contribution in [1.29, 1.82) is 0 Å². The van der Waals surface area contributed by atoms with Crippen molar-refractivity contribution in [3.8, 4) is 0 Å². The number of nitrogens with zero attached hydrogens (tertiary/aromatic N) is 3. The Morgan fingerprint density at radius 2 is 2.14 bits per heavy atom. The molecule has 1 aliphatic rings. The van der Waals surface area contributed by atoms with Crippen molar-refractivity contribution in [1.82, 2.24) is 9.47 Å². The van der Waals surface area contributed by atoms with Crippen LogP contribution in [-0.2, 0) is 6.54 Å². The number of benzene rings is 1. The van der Waals surface area contributed by atoms with Crippen LogP contribution < -0.4 is 0 Å². The molecule has 0 amide bonds. The van der Waals surface area contributed by atoms with Gasteiger partial charge in [0.1, 0.15) is 0 Å². The molecular weight excluding hydrogens is 258 g/mol. The van der Waals surface area contributed by atoms with E-state index >= 15 is 0 Å². The first-order valence-corrected chi connectivity index (χ1v) is 7.80. The SMILES string of the molecule is [C-]#[N+]c1ccc2c(c1)c([C@@H]1CC[C@H](N(C)C)C1)cn2CC. The van der Waals surface area contributed by atoms with Crippen LogP contribution >= 0.6 is 0 Å². The van der Waals surface area contributed by atoms with E-state index in [0.717, 1.165) is 12.2 Å². The highest BCUT2D eigenvalue weighted by Crippen LogP contribution is 2.40. The van der Waals surface area contributed by atoms with Crippen LogP contribution in [0.1, 0.15) is 37.7 Å². The fourth-order valence-corrected chi connectivity index (χ4v) is 3.68. The standard InChI is InChI=1S/C18H23N3/c1-5-21-12-17(13-6-8-15(10-13)20(3)4)16-11-14(19-2)7-9-18(16)21/h7,9,11-13,15H,5-6,8,10H2,1,3-4H3/t13-,15+/m1/s1. The van der Waals surface area contributed by atoms with Gasteiger partial charge in [-0.1, -0.05) is 6.07 Å². The van der Waals surface area contributed by atoms with Crippen LogP contribution in [-0.4, -0.2) is 29.6 Å². The molecule has 1 fully saturated rings. The predicted octanol–water partition coefficient (Wildman–Crippen LogP) is 4.41. The number of rotatable bonds is 3. The molecular formula is C18H23N3. The normalized spacial score (nSPS) is 22.0. The summed E-state index contributed by atoms with van der Waals surface area (Å²) in [7, 11) is 4.36. The van der Waals surface area contributed by atoms with Crippen molar-refractivity contribution in [2.24, 2.45) is 0 Å². The molecule has 0 radical (unpaired) electrons. The molecule has 1 heterocycles. The average molecular weight is 281 g/mol. The van der Waals surface area contributed by atoms with Crippen LogP contribution in [0.15, 0.2) is 24.4 Å². The summed E-state index contributed by atoms with van der Waals surface area (Å²) >= 11 is 0. The van der Waals surface area contributed by atoms with Gasteiger partial charge in [0.15, 0.2) is 5.69 Å². The topological polar surface area (TPSA) is 12.5 Å². The highest BCUT2D eigenvalue weighted by atomic mass is 15.1. The van der Waals surface area contributed by atoms with Crippen molar-refractivity contribution in [3.63, 3.8) is 0 Å².